The zero-order valence-electron chi connectivity index (χ0n) is 14.5. The number of rotatable bonds is 4. The minimum Gasteiger partial charge on any atom is -0.486 e. The molecule has 3 aliphatic rings. The van der Waals surface area contributed by atoms with Gasteiger partial charge in [0.1, 0.15) is 13.2 Å². The number of carbonyl (C=O) groups is 3. The first-order chi connectivity index (χ1) is 12.6. The van der Waals surface area contributed by atoms with Crippen LogP contribution in [-0.2, 0) is 14.4 Å². The van der Waals surface area contributed by atoms with Crippen LogP contribution in [-0.4, -0.2) is 42.4 Å². The molecule has 2 fully saturated rings. The van der Waals surface area contributed by atoms with E-state index in [2.05, 4.69) is 5.32 Å². The van der Waals surface area contributed by atoms with Gasteiger partial charge >= 0.3 is 0 Å². The zero-order chi connectivity index (χ0) is 18.1. The third-order valence-electron chi connectivity index (χ3n) is 5.32. The number of fused-ring (bicyclic) bond motifs is 2. The van der Waals surface area contributed by atoms with E-state index in [9.17, 15) is 14.4 Å². The number of nitrogens with zero attached hydrogens (tertiary/aromatic N) is 1. The van der Waals surface area contributed by atoms with E-state index >= 15 is 0 Å². The van der Waals surface area contributed by atoms with Crippen LogP contribution in [0.5, 0.6) is 11.5 Å². The van der Waals surface area contributed by atoms with Crippen molar-refractivity contribution in [2.45, 2.75) is 32.1 Å². The minimum absolute atomic E-state index is 0.0887. The van der Waals surface area contributed by atoms with Gasteiger partial charge in [-0.2, -0.15) is 0 Å². The lowest BCUT2D eigenvalue weighted by molar-refractivity contribution is -0.140. The number of benzene rings is 1. The first kappa shape index (κ1) is 16.9. The molecular formula is C19H22N2O5. The Balaban J connectivity index is 1.34. The maximum atomic E-state index is 12.4. The molecule has 2 atom stereocenters. The molecule has 1 N–H and O–H groups in total. The van der Waals surface area contributed by atoms with E-state index in [1.807, 2.05) is 0 Å². The number of hydrogen-bond acceptors (Lipinski definition) is 5. The van der Waals surface area contributed by atoms with Crippen molar-refractivity contribution in [1.29, 1.82) is 0 Å². The summed E-state index contributed by atoms with van der Waals surface area (Å²) >= 11 is 0. The summed E-state index contributed by atoms with van der Waals surface area (Å²) in [5.41, 5.74) is 0.604. The van der Waals surface area contributed by atoms with Gasteiger partial charge in [-0.05, 0) is 25.0 Å². The molecule has 0 radical (unpaired) electrons. The van der Waals surface area contributed by atoms with Crippen LogP contribution in [0.25, 0.3) is 0 Å². The smallest absolute Gasteiger partial charge is 0.233 e. The summed E-state index contributed by atoms with van der Waals surface area (Å²) in [5.74, 6) is 0.471. The lowest BCUT2D eigenvalue weighted by Gasteiger charge is -2.19. The molecule has 4 rings (SSSR count). The zero-order valence-corrected chi connectivity index (χ0v) is 14.5. The second-order valence-electron chi connectivity index (χ2n) is 6.98. The average molecular weight is 358 g/mol. The summed E-state index contributed by atoms with van der Waals surface area (Å²) in [6.07, 6.45) is 3.66. The maximum absolute atomic E-state index is 12.4. The van der Waals surface area contributed by atoms with Crippen LogP contribution in [0, 0.1) is 11.8 Å². The SMILES string of the molecule is O=C(CCN1C(=O)C2CCCCC2C1=O)Nc1ccc2c(c1)OCCO2. The minimum atomic E-state index is -0.239. The summed E-state index contributed by atoms with van der Waals surface area (Å²) in [4.78, 5) is 38.4. The fraction of sp³-hybridized carbons (Fsp3) is 0.526. The molecule has 1 aromatic rings. The van der Waals surface area contributed by atoms with Gasteiger partial charge in [0.15, 0.2) is 11.5 Å². The Bertz CT molecular complexity index is 723. The van der Waals surface area contributed by atoms with Gasteiger partial charge in [0.25, 0.3) is 0 Å². The van der Waals surface area contributed by atoms with Gasteiger partial charge in [-0.3, -0.25) is 19.3 Å². The Labute approximate surface area is 151 Å². The summed E-state index contributed by atoms with van der Waals surface area (Å²) in [7, 11) is 0. The Kier molecular flexibility index (Phi) is 4.53. The summed E-state index contributed by atoms with van der Waals surface area (Å²) < 4.78 is 10.9. The average Bonchev–Trinajstić information content (AvgIpc) is 2.91. The molecule has 2 aliphatic heterocycles. The van der Waals surface area contributed by atoms with E-state index in [0.29, 0.717) is 30.4 Å². The first-order valence-corrected chi connectivity index (χ1v) is 9.18. The van der Waals surface area contributed by atoms with Gasteiger partial charge in [0, 0.05) is 24.7 Å². The largest absolute Gasteiger partial charge is 0.486 e. The van der Waals surface area contributed by atoms with Crippen LogP contribution >= 0.6 is 0 Å². The highest BCUT2D eigenvalue weighted by Crippen LogP contribution is 2.38. The van der Waals surface area contributed by atoms with Crippen molar-refractivity contribution in [1.82, 2.24) is 4.90 Å². The van der Waals surface area contributed by atoms with E-state index in [-0.39, 0.29) is 42.5 Å². The van der Waals surface area contributed by atoms with Crippen LogP contribution < -0.4 is 14.8 Å². The highest BCUT2D eigenvalue weighted by Gasteiger charge is 2.47. The molecule has 3 amide bonds. The van der Waals surface area contributed by atoms with Gasteiger partial charge in [0.2, 0.25) is 17.7 Å². The third kappa shape index (κ3) is 3.13. The summed E-state index contributed by atoms with van der Waals surface area (Å²) in [6.45, 7) is 1.13. The molecule has 0 bridgehead atoms. The van der Waals surface area contributed by atoms with Crippen LogP contribution in [0.15, 0.2) is 18.2 Å². The number of carbonyl (C=O) groups excluding carboxylic acids is 3. The summed E-state index contributed by atoms with van der Waals surface area (Å²) in [6, 6.07) is 5.21. The van der Waals surface area contributed by atoms with Crippen molar-refractivity contribution in [3.63, 3.8) is 0 Å². The second-order valence-corrected chi connectivity index (χ2v) is 6.98. The monoisotopic (exact) mass is 358 g/mol. The third-order valence-corrected chi connectivity index (χ3v) is 5.32. The Morgan fingerprint density at radius 3 is 2.38 bits per heavy atom. The number of nitrogens with one attached hydrogen (secondary N) is 1. The van der Waals surface area contributed by atoms with Gasteiger partial charge in [-0.1, -0.05) is 12.8 Å². The van der Waals surface area contributed by atoms with Crippen LogP contribution in [0.3, 0.4) is 0 Å². The van der Waals surface area contributed by atoms with E-state index in [1.165, 1.54) is 4.90 Å². The molecule has 7 heteroatoms. The number of anilines is 1. The van der Waals surface area contributed by atoms with Crippen molar-refractivity contribution in [3.05, 3.63) is 18.2 Å². The van der Waals surface area contributed by atoms with Crippen molar-refractivity contribution < 1.29 is 23.9 Å². The van der Waals surface area contributed by atoms with Gasteiger partial charge in [-0.25, -0.2) is 0 Å². The molecule has 1 aromatic carbocycles. The molecular weight excluding hydrogens is 336 g/mol. The molecule has 26 heavy (non-hydrogen) atoms. The highest BCUT2D eigenvalue weighted by molar-refractivity contribution is 6.05. The molecule has 2 unspecified atom stereocenters. The van der Waals surface area contributed by atoms with Gasteiger partial charge in [0.05, 0.1) is 11.8 Å². The molecule has 0 spiro atoms. The van der Waals surface area contributed by atoms with E-state index in [1.54, 1.807) is 18.2 Å². The molecule has 1 aliphatic carbocycles. The molecule has 1 saturated heterocycles. The number of hydrogen-bond donors (Lipinski definition) is 1. The van der Waals surface area contributed by atoms with Crippen molar-refractivity contribution in [2.75, 3.05) is 25.1 Å². The molecule has 2 heterocycles. The Morgan fingerprint density at radius 1 is 1.04 bits per heavy atom. The molecule has 1 saturated carbocycles. The van der Waals surface area contributed by atoms with E-state index in [4.69, 9.17) is 9.47 Å². The highest BCUT2D eigenvalue weighted by atomic mass is 16.6. The second kappa shape index (κ2) is 6.97. The fourth-order valence-corrected chi connectivity index (χ4v) is 4.01. The molecule has 0 aromatic heterocycles. The van der Waals surface area contributed by atoms with Crippen LogP contribution in [0.4, 0.5) is 5.69 Å². The number of likely N-dealkylation sites (tertiary alicyclic amines) is 1. The lowest BCUT2D eigenvalue weighted by Crippen LogP contribution is -2.34. The van der Waals surface area contributed by atoms with Crippen LogP contribution in [0.2, 0.25) is 0 Å². The van der Waals surface area contributed by atoms with Gasteiger partial charge in [-0.15, -0.1) is 0 Å². The Hall–Kier alpha value is -2.57. The van der Waals surface area contributed by atoms with Crippen LogP contribution in [0.1, 0.15) is 32.1 Å². The normalized spacial score (nSPS) is 24.4. The van der Waals surface area contributed by atoms with E-state index in [0.717, 1.165) is 25.7 Å². The topological polar surface area (TPSA) is 84.9 Å². The number of imide groups is 1. The van der Waals surface area contributed by atoms with E-state index < -0.39 is 0 Å². The Morgan fingerprint density at radius 2 is 1.69 bits per heavy atom. The van der Waals surface area contributed by atoms with Crippen molar-refractivity contribution >= 4 is 23.4 Å². The standard InChI is InChI=1S/C19H22N2O5/c22-17(20-12-5-6-15-16(11-12)26-10-9-25-15)7-8-21-18(23)13-3-1-2-4-14(13)19(21)24/h5-6,11,13-14H,1-4,7-10H2,(H,20,22). The first-order valence-electron chi connectivity index (χ1n) is 9.18. The predicted molar refractivity (Wildman–Crippen MR) is 92.8 cm³/mol. The maximum Gasteiger partial charge on any atom is 0.233 e. The quantitative estimate of drug-likeness (QED) is 0.832. The lowest BCUT2D eigenvalue weighted by atomic mass is 9.81. The number of amides is 3. The van der Waals surface area contributed by atoms with Crippen molar-refractivity contribution in [2.24, 2.45) is 11.8 Å². The summed E-state index contributed by atoms with van der Waals surface area (Å²) in [5, 5.41) is 2.78. The molecule has 7 nitrogen and oxygen atoms in total. The molecule has 138 valence electrons. The van der Waals surface area contributed by atoms with Gasteiger partial charge < -0.3 is 14.8 Å². The van der Waals surface area contributed by atoms with Crippen molar-refractivity contribution in [3.8, 4) is 11.5 Å². The predicted octanol–water partition coefficient (Wildman–Crippen LogP) is 1.96. The number of ether oxygens (including phenoxy) is 2. The fourth-order valence-electron chi connectivity index (χ4n) is 4.01.